The van der Waals surface area contributed by atoms with Gasteiger partial charge in [0, 0.05) is 13.1 Å². The maximum atomic E-state index is 12.9. The van der Waals surface area contributed by atoms with E-state index < -0.39 is 6.04 Å². The van der Waals surface area contributed by atoms with Gasteiger partial charge in [-0.2, -0.15) is 0 Å². The second kappa shape index (κ2) is 11.7. The normalized spacial score (nSPS) is 11.4. The number of amides is 2. The lowest BCUT2D eigenvalue weighted by atomic mass is 10.1. The van der Waals surface area contributed by atoms with Crippen LogP contribution in [0, 0.1) is 0 Å². The van der Waals surface area contributed by atoms with Crippen LogP contribution < -0.4 is 14.8 Å². The minimum Gasteiger partial charge on any atom is -0.493 e. The highest BCUT2D eigenvalue weighted by Crippen LogP contribution is 2.25. The lowest BCUT2D eigenvalue weighted by molar-refractivity contribution is -0.141. The number of carbonyl (C=O) groups excluding carboxylic acids is 2. The zero-order chi connectivity index (χ0) is 21.1. The molecular formula is C23H30N2O4. The van der Waals surface area contributed by atoms with Gasteiger partial charge in [-0.1, -0.05) is 49.4 Å². The molecule has 0 aliphatic heterocycles. The summed E-state index contributed by atoms with van der Waals surface area (Å²) >= 11 is 0. The molecule has 29 heavy (non-hydrogen) atoms. The Labute approximate surface area is 172 Å². The molecule has 0 aliphatic carbocycles. The summed E-state index contributed by atoms with van der Waals surface area (Å²) in [5, 5.41) is 2.86. The van der Waals surface area contributed by atoms with E-state index in [2.05, 4.69) is 5.32 Å². The molecule has 0 fully saturated rings. The molecule has 0 bridgehead atoms. The number of para-hydroxylation sites is 2. The topological polar surface area (TPSA) is 67.9 Å². The molecule has 0 saturated carbocycles. The SMILES string of the molecule is CCCNC(=O)[C@@H](C)N(CCc1ccccc1)C(=O)COc1ccccc1OC. The fourth-order valence-corrected chi connectivity index (χ4v) is 2.93. The van der Waals surface area contributed by atoms with Gasteiger partial charge in [-0.3, -0.25) is 9.59 Å². The fourth-order valence-electron chi connectivity index (χ4n) is 2.93. The maximum absolute atomic E-state index is 12.9. The number of methoxy groups -OCH3 is 1. The Bertz CT molecular complexity index is 779. The highest BCUT2D eigenvalue weighted by Gasteiger charge is 2.26. The predicted octanol–water partition coefficient (Wildman–Crippen LogP) is 3.06. The van der Waals surface area contributed by atoms with Crippen molar-refractivity contribution in [3.63, 3.8) is 0 Å². The number of nitrogens with zero attached hydrogens (tertiary/aromatic N) is 1. The smallest absolute Gasteiger partial charge is 0.261 e. The quantitative estimate of drug-likeness (QED) is 0.632. The van der Waals surface area contributed by atoms with E-state index in [0.717, 1.165) is 12.0 Å². The number of nitrogens with one attached hydrogen (secondary N) is 1. The zero-order valence-electron chi connectivity index (χ0n) is 17.4. The van der Waals surface area contributed by atoms with Crippen LogP contribution in [0.5, 0.6) is 11.5 Å². The average molecular weight is 399 g/mol. The van der Waals surface area contributed by atoms with Gasteiger partial charge >= 0.3 is 0 Å². The van der Waals surface area contributed by atoms with Crippen molar-refractivity contribution in [1.29, 1.82) is 0 Å². The minimum absolute atomic E-state index is 0.162. The van der Waals surface area contributed by atoms with Crippen molar-refractivity contribution < 1.29 is 19.1 Å². The third kappa shape index (κ3) is 6.82. The summed E-state index contributed by atoms with van der Waals surface area (Å²) in [7, 11) is 1.55. The lowest BCUT2D eigenvalue weighted by Crippen LogP contribution is -2.50. The Morgan fingerprint density at radius 1 is 1.03 bits per heavy atom. The first-order valence-corrected chi connectivity index (χ1v) is 9.93. The first-order chi connectivity index (χ1) is 14.1. The number of carbonyl (C=O) groups is 2. The Hall–Kier alpha value is -3.02. The molecule has 0 unspecified atom stereocenters. The van der Waals surface area contributed by atoms with Crippen molar-refractivity contribution in [2.45, 2.75) is 32.7 Å². The Balaban J connectivity index is 2.07. The Morgan fingerprint density at radius 2 is 1.69 bits per heavy atom. The zero-order valence-corrected chi connectivity index (χ0v) is 17.4. The van der Waals surface area contributed by atoms with Crippen molar-refractivity contribution in [3.8, 4) is 11.5 Å². The second-order valence-electron chi connectivity index (χ2n) is 6.73. The maximum Gasteiger partial charge on any atom is 0.261 e. The molecule has 6 heteroatoms. The van der Waals surface area contributed by atoms with Gasteiger partial charge in [-0.25, -0.2) is 0 Å². The van der Waals surface area contributed by atoms with Crippen LogP contribution in [0.1, 0.15) is 25.8 Å². The molecular weight excluding hydrogens is 368 g/mol. The van der Waals surface area contributed by atoms with Gasteiger partial charge in [0.15, 0.2) is 18.1 Å². The predicted molar refractivity (Wildman–Crippen MR) is 113 cm³/mol. The Kier molecular flexibility index (Phi) is 9.02. The van der Waals surface area contributed by atoms with Crippen LogP contribution in [0.3, 0.4) is 0 Å². The molecule has 0 heterocycles. The summed E-state index contributed by atoms with van der Waals surface area (Å²) in [4.78, 5) is 27.0. The summed E-state index contributed by atoms with van der Waals surface area (Å²) in [5.41, 5.74) is 1.11. The third-order valence-electron chi connectivity index (χ3n) is 4.62. The molecule has 0 aliphatic rings. The molecule has 2 aromatic rings. The van der Waals surface area contributed by atoms with E-state index in [1.165, 1.54) is 0 Å². The molecule has 2 rings (SSSR count). The van der Waals surface area contributed by atoms with E-state index in [9.17, 15) is 9.59 Å². The van der Waals surface area contributed by atoms with Gasteiger partial charge in [0.1, 0.15) is 6.04 Å². The summed E-state index contributed by atoms with van der Waals surface area (Å²) in [6.45, 7) is 4.59. The highest BCUT2D eigenvalue weighted by molar-refractivity contribution is 5.88. The van der Waals surface area contributed by atoms with Gasteiger partial charge in [0.05, 0.1) is 7.11 Å². The number of hydrogen-bond donors (Lipinski definition) is 1. The number of ether oxygens (including phenoxy) is 2. The number of hydrogen-bond acceptors (Lipinski definition) is 4. The molecule has 0 spiro atoms. The molecule has 1 N–H and O–H groups in total. The van der Waals surface area contributed by atoms with Crippen LogP contribution in [0.25, 0.3) is 0 Å². The van der Waals surface area contributed by atoms with E-state index in [1.807, 2.05) is 49.4 Å². The molecule has 2 aromatic carbocycles. The van der Waals surface area contributed by atoms with Crippen molar-refractivity contribution in [3.05, 3.63) is 60.2 Å². The lowest BCUT2D eigenvalue weighted by Gasteiger charge is -2.28. The van der Waals surface area contributed by atoms with Gasteiger partial charge in [0.25, 0.3) is 5.91 Å². The standard InChI is InChI=1S/C23H30N2O4/c1-4-15-24-23(27)18(2)25(16-14-19-10-6-5-7-11-19)22(26)17-29-21-13-9-8-12-20(21)28-3/h5-13,18H,4,14-17H2,1-3H3,(H,24,27)/t18-/m1/s1. The van der Waals surface area contributed by atoms with Crippen LogP contribution in [0.4, 0.5) is 0 Å². The second-order valence-corrected chi connectivity index (χ2v) is 6.73. The number of rotatable bonds is 11. The van der Waals surface area contributed by atoms with E-state index in [-0.39, 0.29) is 18.4 Å². The third-order valence-corrected chi connectivity index (χ3v) is 4.62. The van der Waals surface area contributed by atoms with Crippen molar-refractivity contribution in [2.75, 3.05) is 26.8 Å². The molecule has 0 aromatic heterocycles. The van der Waals surface area contributed by atoms with Crippen LogP contribution in [0.2, 0.25) is 0 Å². The molecule has 156 valence electrons. The van der Waals surface area contributed by atoms with Crippen molar-refractivity contribution in [1.82, 2.24) is 10.2 Å². The van der Waals surface area contributed by atoms with Crippen LogP contribution in [-0.4, -0.2) is 49.6 Å². The average Bonchev–Trinajstić information content (AvgIpc) is 2.76. The van der Waals surface area contributed by atoms with Crippen LogP contribution in [-0.2, 0) is 16.0 Å². The fraction of sp³-hybridized carbons (Fsp3) is 0.391. The van der Waals surface area contributed by atoms with E-state index in [1.54, 1.807) is 31.1 Å². The van der Waals surface area contributed by atoms with Gasteiger partial charge < -0.3 is 19.7 Å². The molecule has 2 amide bonds. The van der Waals surface area contributed by atoms with Gasteiger partial charge in [-0.15, -0.1) is 0 Å². The van der Waals surface area contributed by atoms with Crippen LogP contribution >= 0.6 is 0 Å². The van der Waals surface area contributed by atoms with E-state index in [0.29, 0.717) is 31.0 Å². The van der Waals surface area contributed by atoms with E-state index in [4.69, 9.17) is 9.47 Å². The summed E-state index contributed by atoms with van der Waals surface area (Å²) in [5.74, 6) is 0.649. The van der Waals surface area contributed by atoms with Gasteiger partial charge in [-0.05, 0) is 37.5 Å². The monoisotopic (exact) mass is 398 g/mol. The first kappa shape index (κ1) is 22.3. The molecule has 0 radical (unpaired) electrons. The molecule has 6 nitrogen and oxygen atoms in total. The largest absolute Gasteiger partial charge is 0.493 e. The first-order valence-electron chi connectivity index (χ1n) is 9.93. The minimum atomic E-state index is -0.584. The summed E-state index contributed by atoms with van der Waals surface area (Å²) in [6, 6.07) is 16.5. The highest BCUT2D eigenvalue weighted by atomic mass is 16.5. The van der Waals surface area contributed by atoms with Crippen LogP contribution in [0.15, 0.2) is 54.6 Å². The summed E-state index contributed by atoms with van der Waals surface area (Å²) in [6.07, 6.45) is 1.50. The Morgan fingerprint density at radius 3 is 2.34 bits per heavy atom. The molecule has 1 atom stereocenters. The van der Waals surface area contributed by atoms with Gasteiger partial charge in [0.2, 0.25) is 5.91 Å². The molecule has 0 saturated heterocycles. The van der Waals surface area contributed by atoms with E-state index >= 15 is 0 Å². The number of benzene rings is 2. The van der Waals surface area contributed by atoms with Crippen molar-refractivity contribution in [2.24, 2.45) is 0 Å². The van der Waals surface area contributed by atoms with Crippen molar-refractivity contribution >= 4 is 11.8 Å². The summed E-state index contributed by atoms with van der Waals surface area (Å²) < 4.78 is 10.9.